The average molecular weight is 404 g/mol. The summed E-state index contributed by atoms with van der Waals surface area (Å²) < 4.78 is 41.0. The lowest BCUT2D eigenvalue weighted by Crippen LogP contribution is -2.29. The van der Waals surface area contributed by atoms with Gasteiger partial charge < -0.3 is 9.74 Å². The summed E-state index contributed by atoms with van der Waals surface area (Å²) in [5.41, 5.74) is 1.43. The fourth-order valence-electron chi connectivity index (χ4n) is 2.83. The predicted molar refractivity (Wildman–Crippen MR) is 102 cm³/mol. The number of rotatable bonds is 7. The molecule has 0 N–H and O–H groups in total. The Morgan fingerprint density at radius 1 is 1.24 bits per heavy atom. The first kappa shape index (κ1) is 20.4. The number of amides is 1. The third-order valence-electron chi connectivity index (χ3n) is 4.24. The third-order valence-corrected chi connectivity index (χ3v) is 4.24. The van der Waals surface area contributed by atoms with E-state index < -0.39 is 19.1 Å². The monoisotopic (exact) mass is 404 g/mol. The molecule has 0 aliphatic carbocycles. The Labute approximate surface area is 165 Å². The zero-order valence-electron chi connectivity index (χ0n) is 15.8. The summed E-state index contributed by atoms with van der Waals surface area (Å²) >= 11 is 0. The molecular formula is C20H19F3N4O2. The summed E-state index contributed by atoms with van der Waals surface area (Å²) in [4.78, 5) is 22.7. The number of carbonyl (C=O) groups excluding carboxylic acids is 1. The Morgan fingerprint density at radius 3 is 2.72 bits per heavy atom. The van der Waals surface area contributed by atoms with E-state index in [0.717, 1.165) is 4.57 Å². The first-order chi connectivity index (χ1) is 13.9. The molecule has 1 amide bonds. The molecule has 152 valence electrons. The number of hydrogen-bond donors (Lipinski definition) is 0. The number of halogens is 3. The molecule has 6 nitrogen and oxygen atoms in total. The smallest absolute Gasteiger partial charge is 0.320 e. The van der Waals surface area contributed by atoms with Gasteiger partial charge in [0, 0.05) is 13.6 Å². The topological polar surface area (TPSA) is 59.7 Å². The van der Waals surface area contributed by atoms with E-state index in [1.165, 1.54) is 30.0 Å². The number of aromatic nitrogens is 2. The van der Waals surface area contributed by atoms with Crippen LogP contribution in [0.4, 0.5) is 13.2 Å². The number of para-hydroxylation sites is 2. The van der Waals surface area contributed by atoms with Crippen LogP contribution in [0.5, 0.6) is 0 Å². The van der Waals surface area contributed by atoms with E-state index in [4.69, 9.17) is 4.84 Å². The number of nitrogens with zero attached hydrogens (tertiary/aromatic N) is 4. The summed E-state index contributed by atoms with van der Waals surface area (Å²) in [7, 11) is 1.55. The third kappa shape index (κ3) is 4.74. The standard InChI is InChI=1S/C20H19F3N4O2/c1-13(19-24-16-8-3-4-9-17(16)27(19)20(22)23)25-29-12-18(28)26(2)11-14-6-5-7-15(21)10-14/h3-10,20H,11-12H2,1-2H3/b25-13-. The maximum absolute atomic E-state index is 13.5. The van der Waals surface area contributed by atoms with Gasteiger partial charge in [0.2, 0.25) is 0 Å². The molecule has 3 rings (SSSR count). The van der Waals surface area contributed by atoms with Gasteiger partial charge in [0.1, 0.15) is 11.5 Å². The highest BCUT2D eigenvalue weighted by molar-refractivity contribution is 5.98. The van der Waals surface area contributed by atoms with Crippen LogP contribution in [0.2, 0.25) is 0 Å². The second-order valence-electron chi connectivity index (χ2n) is 6.40. The van der Waals surface area contributed by atoms with Crippen molar-refractivity contribution in [1.82, 2.24) is 14.5 Å². The Bertz CT molecular complexity index is 1050. The number of fused-ring (bicyclic) bond motifs is 1. The van der Waals surface area contributed by atoms with E-state index in [2.05, 4.69) is 10.1 Å². The summed E-state index contributed by atoms with van der Waals surface area (Å²) in [6.07, 6.45) is 0. The molecule has 1 heterocycles. The zero-order chi connectivity index (χ0) is 21.0. The average Bonchev–Trinajstić information content (AvgIpc) is 3.07. The van der Waals surface area contributed by atoms with Crippen LogP contribution in [0.25, 0.3) is 11.0 Å². The van der Waals surface area contributed by atoms with E-state index >= 15 is 0 Å². The number of oxime groups is 1. The molecular weight excluding hydrogens is 385 g/mol. The van der Waals surface area contributed by atoms with E-state index in [1.54, 1.807) is 37.4 Å². The van der Waals surface area contributed by atoms with Gasteiger partial charge in [-0.05, 0) is 36.8 Å². The molecule has 0 bridgehead atoms. The summed E-state index contributed by atoms with van der Waals surface area (Å²) in [6.45, 7) is -1.52. The lowest BCUT2D eigenvalue weighted by atomic mass is 10.2. The lowest BCUT2D eigenvalue weighted by molar-refractivity contribution is -0.135. The van der Waals surface area contributed by atoms with Gasteiger partial charge in [-0.15, -0.1) is 0 Å². The summed E-state index contributed by atoms with van der Waals surface area (Å²) in [5, 5.41) is 3.77. The highest BCUT2D eigenvalue weighted by Gasteiger charge is 2.20. The SMILES string of the molecule is C/C(=N/OCC(=O)N(C)Cc1cccc(F)c1)c1nc2ccccc2n1C(F)F. The van der Waals surface area contributed by atoms with E-state index in [-0.39, 0.29) is 29.4 Å². The van der Waals surface area contributed by atoms with Gasteiger partial charge in [0.15, 0.2) is 12.4 Å². The van der Waals surface area contributed by atoms with E-state index in [0.29, 0.717) is 11.1 Å². The van der Waals surface area contributed by atoms with Crippen LogP contribution in [0.1, 0.15) is 24.9 Å². The molecule has 0 radical (unpaired) electrons. The number of carbonyl (C=O) groups is 1. The molecule has 29 heavy (non-hydrogen) atoms. The van der Waals surface area contributed by atoms with Crippen LogP contribution in [0, 0.1) is 5.82 Å². The quantitative estimate of drug-likeness (QED) is 0.442. The number of hydrogen-bond acceptors (Lipinski definition) is 4. The Kier molecular flexibility index (Phi) is 6.16. The Balaban J connectivity index is 1.66. The van der Waals surface area contributed by atoms with Crippen LogP contribution in [-0.2, 0) is 16.2 Å². The molecule has 0 aliphatic heterocycles. The minimum absolute atomic E-state index is 0.0400. The molecule has 0 spiro atoms. The molecule has 3 aromatic rings. The normalized spacial score (nSPS) is 11.9. The Morgan fingerprint density at radius 2 is 2.00 bits per heavy atom. The fraction of sp³-hybridized carbons (Fsp3) is 0.250. The first-order valence-corrected chi connectivity index (χ1v) is 8.77. The highest BCUT2D eigenvalue weighted by atomic mass is 19.3. The van der Waals surface area contributed by atoms with E-state index in [9.17, 15) is 18.0 Å². The number of imidazole rings is 1. The van der Waals surface area contributed by atoms with Gasteiger partial charge in [0.25, 0.3) is 5.91 Å². The van der Waals surface area contributed by atoms with Crippen molar-refractivity contribution >= 4 is 22.7 Å². The van der Waals surface area contributed by atoms with Crippen molar-refractivity contribution in [3.05, 3.63) is 65.7 Å². The zero-order valence-corrected chi connectivity index (χ0v) is 15.8. The molecule has 0 saturated heterocycles. The van der Waals surface area contributed by atoms with Crippen LogP contribution < -0.4 is 0 Å². The second kappa shape index (κ2) is 8.76. The molecule has 0 unspecified atom stereocenters. The molecule has 1 aromatic heterocycles. The molecule has 0 atom stereocenters. The molecule has 0 aliphatic rings. The van der Waals surface area contributed by atoms with Crippen LogP contribution in [0.15, 0.2) is 53.7 Å². The van der Waals surface area contributed by atoms with Gasteiger partial charge >= 0.3 is 6.55 Å². The van der Waals surface area contributed by atoms with Gasteiger partial charge in [-0.3, -0.25) is 9.36 Å². The number of alkyl halides is 2. The largest absolute Gasteiger partial charge is 0.385 e. The minimum atomic E-state index is -2.80. The molecule has 0 saturated carbocycles. The molecule has 0 fully saturated rings. The van der Waals surface area contributed by atoms with Crippen molar-refractivity contribution in [3.8, 4) is 0 Å². The minimum Gasteiger partial charge on any atom is -0.385 e. The van der Waals surface area contributed by atoms with Crippen molar-refractivity contribution in [2.45, 2.75) is 20.0 Å². The van der Waals surface area contributed by atoms with Gasteiger partial charge in [-0.2, -0.15) is 8.78 Å². The van der Waals surface area contributed by atoms with Crippen LogP contribution in [0.3, 0.4) is 0 Å². The lowest BCUT2D eigenvalue weighted by Gasteiger charge is -2.16. The van der Waals surface area contributed by atoms with E-state index in [1.807, 2.05) is 0 Å². The number of likely N-dealkylation sites (N-methyl/N-ethyl adjacent to an activating group) is 1. The van der Waals surface area contributed by atoms with Crippen LogP contribution >= 0.6 is 0 Å². The first-order valence-electron chi connectivity index (χ1n) is 8.77. The van der Waals surface area contributed by atoms with Gasteiger partial charge in [-0.1, -0.05) is 29.4 Å². The Hall–Kier alpha value is -3.36. The van der Waals surface area contributed by atoms with Crippen molar-refractivity contribution in [3.63, 3.8) is 0 Å². The predicted octanol–water partition coefficient (Wildman–Crippen LogP) is 3.97. The van der Waals surface area contributed by atoms with Crippen molar-refractivity contribution < 1.29 is 22.8 Å². The van der Waals surface area contributed by atoms with Crippen molar-refractivity contribution in [2.75, 3.05) is 13.7 Å². The maximum Gasteiger partial charge on any atom is 0.320 e. The van der Waals surface area contributed by atoms with Gasteiger partial charge in [-0.25, -0.2) is 9.37 Å². The summed E-state index contributed by atoms with van der Waals surface area (Å²) in [6, 6.07) is 12.4. The summed E-state index contributed by atoms with van der Waals surface area (Å²) in [5.74, 6) is -0.823. The molecule has 9 heteroatoms. The highest BCUT2D eigenvalue weighted by Crippen LogP contribution is 2.23. The second-order valence-corrected chi connectivity index (χ2v) is 6.40. The number of benzene rings is 2. The van der Waals surface area contributed by atoms with Crippen molar-refractivity contribution in [1.29, 1.82) is 0 Å². The maximum atomic E-state index is 13.5. The van der Waals surface area contributed by atoms with Crippen molar-refractivity contribution in [2.24, 2.45) is 5.16 Å². The fourth-order valence-corrected chi connectivity index (χ4v) is 2.83. The van der Waals surface area contributed by atoms with Gasteiger partial charge in [0.05, 0.1) is 11.0 Å². The molecule has 2 aromatic carbocycles. The van der Waals surface area contributed by atoms with Crippen LogP contribution in [-0.4, -0.2) is 39.7 Å².